The molecular weight excluding hydrogens is 284 g/mol. The Bertz CT molecular complexity index is 306. The van der Waals surface area contributed by atoms with Gasteiger partial charge in [-0.05, 0) is 19.3 Å². The zero-order valence-corrected chi connectivity index (χ0v) is 12.0. The van der Waals surface area contributed by atoms with Crippen LogP contribution in [0.15, 0.2) is 18.2 Å². The summed E-state index contributed by atoms with van der Waals surface area (Å²) >= 11 is 3.41. The first-order valence-electron chi connectivity index (χ1n) is 5.72. The van der Waals surface area contributed by atoms with Gasteiger partial charge in [-0.3, -0.25) is 0 Å². The molecule has 0 unspecified atom stereocenters. The summed E-state index contributed by atoms with van der Waals surface area (Å²) in [5.41, 5.74) is 0. The van der Waals surface area contributed by atoms with Gasteiger partial charge in [0.1, 0.15) is 17.2 Å². The lowest BCUT2D eigenvalue weighted by atomic mass is 10.2. The van der Waals surface area contributed by atoms with Gasteiger partial charge in [0.15, 0.2) is 0 Å². The SMILES string of the molecule is COc1cc(OC)cc(OCCCCCBr)c1. The van der Waals surface area contributed by atoms with Gasteiger partial charge in [-0.1, -0.05) is 15.9 Å². The van der Waals surface area contributed by atoms with Gasteiger partial charge in [0.05, 0.1) is 20.8 Å². The quantitative estimate of drug-likeness (QED) is 0.542. The Balaban J connectivity index is 2.46. The van der Waals surface area contributed by atoms with Gasteiger partial charge in [-0.2, -0.15) is 0 Å². The van der Waals surface area contributed by atoms with E-state index in [1.54, 1.807) is 14.2 Å². The van der Waals surface area contributed by atoms with Gasteiger partial charge in [0, 0.05) is 23.5 Å². The minimum Gasteiger partial charge on any atom is -0.496 e. The van der Waals surface area contributed by atoms with E-state index >= 15 is 0 Å². The molecular formula is C13H19BrO3. The van der Waals surface area contributed by atoms with E-state index in [0.717, 1.165) is 35.6 Å². The topological polar surface area (TPSA) is 27.7 Å². The van der Waals surface area contributed by atoms with Crippen molar-refractivity contribution in [3.05, 3.63) is 18.2 Å². The average Bonchev–Trinajstić information content (AvgIpc) is 2.38. The Hall–Kier alpha value is -0.900. The third-order valence-corrected chi connectivity index (χ3v) is 2.93. The number of alkyl halides is 1. The van der Waals surface area contributed by atoms with Crippen LogP contribution in [0.1, 0.15) is 19.3 Å². The van der Waals surface area contributed by atoms with Crippen LogP contribution < -0.4 is 14.2 Å². The highest BCUT2D eigenvalue weighted by Gasteiger charge is 2.02. The molecule has 0 amide bonds. The summed E-state index contributed by atoms with van der Waals surface area (Å²) < 4.78 is 16.0. The second kappa shape index (κ2) is 8.23. The Morgan fingerprint density at radius 2 is 1.47 bits per heavy atom. The van der Waals surface area contributed by atoms with E-state index in [2.05, 4.69) is 15.9 Å². The van der Waals surface area contributed by atoms with E-state index in [9.17, 15) is 0 Å². The molecule has 0 saturated heterocycles. The van der Waals surface area contributed by atoms with Gasteiger partial charge in [-0.15, -0.1) is 0 Å². The predicted molar refractivity (Wildman–Crippen MR) is 72.7 cm³/mol. The minimum absolute atomic E-state index is 0.726. The number of halogens is 1. The lowest BCUT2D eigenvalue weighted by molar-refractivity contribution is 0.301. The number of hydrogen-bond donors (Lipinski definition) is 0. The van der Waals surface area contributed by atoms with E-state index < -0.39 is 0 Å². The van der Waals surface area contributed by atoms with Crippen molar-refractivity contribution < 1.29 is 14.2 Å². The van der Waals surface area contributed by atoms with Crippen molar-refractivity contribution in [2.75, 3.05) is 26.2 Å². The summed E-state index contributed by atoms with van der Waals surface area (Å²) in [4.78, 5) is 0. The van der Waals surface area contributed by atoms with Crippen molar-refractivity contribution in [1.82, 2.24) is 0 Å². The molecule has 4 heteroatoms. The fraction of sp³-hybridized carbons (Fsp3) is 0.538. The molecule has 0 spiro atoms. The van der Waals surface area contributed by atoms with E-state index in [4.69, 9.17) is 14.2 Å². The molecule has 96 valence electrons. The number of methoxy groups -OCH3 is 2. The molecule has 0 heterocycles. The van der Waals surface area contributed by atoms with Gasteiger partial charge in [-0.25, -0.2) is 0 Å². The number of benzene rings is 1. The lowest BCUT2D eigenvalue weighted by Crippen LogP contribution is -1.98. The summed E-state index contributed by atoms with van der Waals surface area (Å²) in [6.45, 7) is 0.726. The van der Waals surface area contributed by atoms with Crippen LogP contribution in [0.2, 0.25) is 0 Å². The molecule has 1 aromatic carbocycles. The van der Waals surface area contributed by atoms with Crippen molar-refractivity contribution in [1.29, 1.82) is 0 Å². The van der Waals surface area contributed by atoms with Crippen LogP contribution in [0, 0.1) is 0 Å². The van der Waals surface area contributed by atoms with E-state index in [-0.39, 0.29) is 0 Å². The van der Waals surface area contributed by atoms with Crippen molar-refractivity contribution in [3.8, 4) is 17.2 Å². The molecule has 0 bridgehead atoms. The van der Waals surface area contributed by atoms with Crippen LogP contribution in [-0.4, -0.2) is 26.2 Å². The second-order valence-electron chi connectivity index (χ2n) is 3.65. The molecule has 0 radical (unpaired) electrons. The molecule has 0 aromatic heterocycles. The van der Waals surface area contributed by atoms with E-state index in [0.29, 0.717) is 0 Å². The highest BCUT2D eigenvalue weighted by atomic mass is 79.9. The molecule has 0 atom stereocenters. The minimum atomic E-state index is 0.726. The number of hydrogen-bond acceptors (Lipinski definition) is 3. The predicted octanol–water partition coefficient (Wildman–Crippen LogP) is 3.65. The number of rotatable bonds is 8. The standard InChI is InChI=1S/C13H19BrO3/c1-15-11-8-12(16-2)10-13(9-11)17-7-5-3-4-6-14/h8-10H,3-7H2,1-2H3. The zero-order valence-electron chi connectivity index (χ0n) is 10.4. The van der Waals surface area contributed by atoms with Crippen LogP contribution in [0.4, 0.5) is 0 Å². The van der Waals surface area contributed by atoms with Gasteiger partial charge in [0.25, 0.3) is 0 Å². The molecule has 0 saturated carbocycles. The maximum atomic E-state index is 5.66. The molecule has 17 heavy (non-hydrogen) atoms. The number of unbranched alkanes of at least 4 members (excludes halogenated alkanes) is 2. The average molecular weight is 303 g/mol. The highest BCUT2D eigenvalue weighted by Crippen LogP contribution is 2.27. The van der Waals surface area contributed by atoms with Crippen molar-refractivity contribution in [2.24, 2.45) is 0 Å². The summed E-state index contributed by atoms with van der Waals surface area (Å²) in [5, 5.41) is 1.06. The number of ether oxygens (including phenoxy) is 3. The fourth-order valence-electron chi connectivity index (χ4n) is 1.43. The highest BCUT2D eigenvalue weighted by molar-refractivity contribution is 9.09. The first-order valence-corrected chi connectivity index (χ1v) is 6.84. The Morgan fingerprint density at radius 1 is 0.882 bits per heavy atom. The van der Waals surface area contributed by atoms with Crippen molar-refractivity contribution >= 4 is 15.9 Å². The molecule has 1 aromatic rings. The molecule has 0 aliphatic carbocycles. The third kappa shape index (κ3) is 5.31. The molecule has 0 aliphatic heterocycles. The summed E-state index contributed by atoms with van der Waals surface area (Å²) in [6, 6.07) is 5.57. The zero-order chi connectivity index (χ0) is 12.5. The fourth-order valence-corrected chi connectivity index (χ4v) is 1.82. The Kier molecular flexibility index (Phi) is 6.86. The molecule has 0 N–H and O–H groups in total. The largest absolute Gasteiger partial charge is 0.496 e. The molecule has 0 fully saturated rings. The maximum Gasteiger partial charge on any atom is 0.126 e. The third-order valence-electron chi connectivity index (χ3n) is 2.37. The van der Waals surface area contributed by atoms with Crippen LogP contribution in [0.5, 0.6) is 17.2 Å². The van der Waals surface area contributed by atoms with Crippen LogP contribution in [0.25, 0.3) is 0 Å². The molecule has 0 aliphatic rings. The van der Waals surface area contributed by atoms with Gasteiger partial charge >= 0.3 is 0 Å². The van der Waals surface area contributed by atoms with Crippen LogP contribution >= 0.6 is 15.9 Å². The second-order valence-corrected chi connectivity index (χ2v) is 4.44. The maximum absolute atomic E-state index is 5.66. The van der Waals surface area contributed by atoms with Crippen LogP contribution in [-0.2, 0) is 0 Å². The van der Waals surface area contributed by atoms with Crippen LogP contribution in [0.3, 0.4) is 0 Å². The van der Waals surface area contributed by atoms with Crippen molar-refractivity contribution in [2.45, 2.75) is 19.3 Å². The monoisotopic (exact) mass is 302 g/mol. The van der Waals surface area contributed by atoms with Gasteiger partial charge < -0.3 is 14.2 Å². The first kappa shape index (κ1) is 14.2. The first-order chi connectivity index (χ1) is 8.30. The summed E-state index contributed by atoms with van der Waals surface area (Å²) in [5.74, 6) is 2.29. The lowest BCUT2D eigenvalue weighted by Gasteiger charge is -2.10. The smallest absolute Gasteiger partial charge is 0.126 e. The molecule has 1 rings (SSSR count). The van der Waals surface area contributed by atoms with Crippen molar-refractivity contribution in [3.63, 3.8) is 0 Å². The Labute approximate surface area is 111 Å². The van der Waals surface area contributed by atoms with E-state index in [1.807, 2.05) is 18.2 Å². The molecule has 3 nitrogen and oxygen atoms in total. The Morgan fingerprint density at radius 3 is 2.00 bits per heavy atom. The van der Waals surface area contributed by atoms with Gasteiger partial charge in [0.2, 0.25) is 0 Å². The summed E-state index contributed by atoms with van der Waals surface area (Å²) in [7, 11) is 3.27. The normalized spacial score (nSPS) is 10.1. The van der Waals surface area contributed by atoms with E-state index in [1.165, 1.54) is 12.8 Å². The summed E-state index contributed by atoms with van der Waals surface area (Å²) in [6.07, 6.45) is 3.42.